The molecule has 1 aliphatic carbocycles. The van der Waals surface area contributed by atoms with Gasteiger partial charge in [0.05, 0.1) is 5.69 Å². The maximum Gasteiger partial charge on any atom is 0.225 e. The van der Waals surface area contributed by atoms with Gasteiger partial charge >= 0.3 is 0 Å². The predicted molar refractivity (Wildman–Crippen MR) is 66.2 cm³/mol. The highest BCUT2D eigenvalue weighted by Gasteiger charge is 2.49. The number of aryl methyl sites for hydroxylation is 1. The first-order valence-electron chi connectivity index (χ1n) is 5.47. The Balaban J connectivity index is 2.11. The van der Waals surface area contributed by atoms with Crippen LogP contribution in [0.2, 0.25) is 0 Å². The van der Waals surface area contributed by atoms with E-state index in [9.17, 15) is 9.90 Å². The summed E-state index contributed by atoms with van der Waals surface area (Å²) in [6, 6.07) is 1.80. The molecular weight excluding hydrogens is 286 g/mol. The van der Waals surface area contributed by atoms with E-state index in [1.165, 1.54) is 0 Å². The molecule has 2 rings (SSSR count). The standard InChI is InChI=1S/C11H16BrN3O2/c1-14(2)10(16)7-5-11(17,6-7)8-4-9(12)13-15(8)3/h4,7,17H,5-6H2,1-3H3/t7-,11-. The predicted octanol–water partition coefficient (Wildman–Crippen LogP) is 0.868. The maximum absolute atomic E-state index is 11.7. The smallest absolute Gasteiger partial charge is 0.225 e. The molecule has 1 fully saturated rings. The fourth-order valence-corrected chi connectivity index (χ4v) is 2.83. The van der Waals surface area contributed by atoms with Crippen molar-refractivity contribution >= 4 is 21.8 Å². The SMILES string of the molecule is CN(C)C(=O)[C@H]1C[C@@](O)(c2cc(Br)nn2C)C1. The highest BCUT2D eigenvalue weighted by Crippen LogP contribution is 2.46. The Labute approximate surface area is 109 Å². The van der Waals surface area contributed by atoms with Crippen molar-refractivity contribution < 1.29 is 9.90 Å². The third-order valence-corrected chi connectivity index (χ3v) is 3.67. The molecule has 1 aromatic heterocycles. The number of amides is 1. The van der Waals surface area contributed by atoms with E-state index in [-0.39, 0.29) is 11.8 Å². The van der Waals surface area contributed by atoms with Gasteiger partial charge in [-0.2, -0.15) is 5.10 Å². The second kappa shape index (κ2) is 4.10. The molecule has 0 aromatic carbocycles. The first kappa shape index (κ1) is 12.6. The van der Waals surface area contributed by atoms with Crippen LogP contribution in [0.1, 0.15) is 18.5 Å². The van der Waals surface area contributed by atoms with E-state index in [2.05, 4.69) is 21.0 Å². The lowest BCUT2D eigenvalue weighted by Crippen LogP contribution is -2.48. The molecule has 0 radical (unpaired) electrons. The number of hydrogen-bond acceptors (Lipinski definition) is 3. The molecule has 0 unspecified atom stereocenters. The van der Waals surface area contributed by atoms with Gasteiger partial charge in [0.15, 0.2) is 0 Å². The topological polar surface area (TPSA) is 58.4 Å². The summed E-state index contributed by atoms with van der Waals surface area (Å²) < 4.78 is 2.35. The van der Waals surface area contributed by atoms with Gasteiger partial charge in [-0.15, -0.1) is 0 Å². The zero-order valence-electron chi connectivity index (χ0n) is 10.1. The van der Waals surface area contributed by atoms with Gasteiger partial charge < -0.3 is 10.0 Å². The van der Waals surface area contributed by atoms with Crippen LogP contribution in [0.15, 0.2) is 10.7 Å². The Morgan fingerprint density at radius 3 is 2.65 bits per heavy atom. The number of rotatable bonds is 2. The molecule has 0 bridgehead atoms. The van der Waals surface area contributed by atoms with Gasteiger partial charge in [-0.3, -0.25) is 9.48 Å². The van der Waals surface area contributed by atoms with Crippen molar-refractivity contribution in [2.75, 3.05) is 14.1 Å². The zero-order valence-corrected chi connectivity index (χ0v) is 11.7. The Bertz CT molecular complexity index is 450. The van der Waals surface area contributed by atoms with E-state index in [1.54, 1.807) is 36.8 Å². The minimum atomic E-state index is -0.913. The number of hydrogen-bond donors (Lipinski definition) is 1. The minimum absolute atomic E-state index is 0.0795. The Morgan fingerprint density at radius 2 is 2.24 bits per heavy atom. The molecule has 0 atom stereocenters. The van der Waals surface area contributed by atoms with Crippen molar-refractivity contribution in [3.05, 3.63) is 16.4 Å². The van der Waals surface area contributed by atoms with E-state index >= 15 is 0 Å². The van der Waals surface area contributed by atoms with Gasteiger partial charge in [0.1, 0.15) is 10.2 Å². The van der Waals surface area contributed by atoms with Crippen LogP contribution in [-0.4, -0.2) is 39.8 Å². The van der Waals surface area contributed by atoms with Gasteiger partial charge in [0.2, 0.25) is 5.91 Å². The van der Waals surface area contributed by atoms with Crippen LogP contribution in [0.3, 0.4) is 0 Å². The van der Waals surface area contributed by atoms with Crippen LogP contribution in [-0.2, 0) is 17.4 Å². The summed E-state index contributed by atoms with van der Waals surface area (Å²) in [6.07, 6.45) is 0.936. The summed E-state index contributed by atoms with van der Waals surface area (Å²) in [4.78, 5) is 13.3. The van der Waals surface area contributed by atoms with Crippen LogP contribution in [0.5, 0.6) is 0 Å². The lowest BCUT2D eigenvalue weighted by molar-refractivity contribution is -0.151. The summed E-state index contributed by atoms with van der Waals surface area (Å²) >= 11 is 3.28. The van der Waals surface area contributed by atoms with E-state index in [0.29, 0.717) is 17.4 Å². The molecule has 6 heteroatoms. The summed E-state index contributed by atoms with van der Waals surface area (Å²) in [5, 5.41) is 14.6. The number of carbonyl (C=O) groups excluding carboxylic acids is 1. The van der Waals surface area contributed by atoms with Crippen molar-refractivity contribution in [2.45, 2.75) is 18.4 Å². The summed E-state index contributed by atoms with van der Waals surface area (Å²) in [5.74, 6) is -0.000385. The molecule has 0 aliphatic heterocycles. The van der Waals surface area contributed by atoms with E-state index in [0.717, 1.165) is 5.69 Å². The number of nitrogens with zero attached hydrogens (tertiary/aromatic N) is 3. The molecule has 1 heterocycles. The van der Waals surface area contributed by atoms with E-state index < -0.39 is 5.60 Å². The Morgan fingerprint density at radius 1 is 1.65 bits per heavy atom. The third kappa shape index (κ3) is 2.11. The molecule has 5 nitrogen and oxygen atoms in total. The van der Waals surface area contributed by atoms with Gasteiger partial charge in [0, 0.05) is 27.1 Å². The van der Waals surface area contributed by atoms with Gasteiger partial charge in [-0.05, 0) is 34.8 Å². The van der Waals surface area contributed by atoms with Crippen LogP contribution < -0.4 is 0 Å². The van der Waals surface area contributed by atoms with E-state index in [4.69, 9.17) is 0 Å². The Hall–Kier alpha value is -0.880. The first-order valence-corrected chi connectivity index (χ1v) is 6.26. The van der Waals surface area contributed by atoms with Gasteiger partial charge in [-0.1, -0.05) is 0 Å². The van der Waals surface area contributed by atoms with Crippen molar-refractivity contribution in [2.24, 2.45) is 13.0 Å². The second-order valence-corrected chi connectivity index (χ2v) is 5.66. The monoisotopic (exact) mass is 301 g/mol. The van der Waals surface area contributed by atoms with Gasteiger partial charge in [-0.25, -0.2) is 0 Å². The summed E-state index contributed by atoms with van der Waals surface area (Å²) in [7, 11) is 5.26. The number of carbonyl (C=O) groups is 1. The first-order chi connectivity index (χ1) is 7.83. The fourth-order valence-electron chi connectivity index (χ4n) is 2.37. The molecule has 17 heavy (non-hydrogen) atoms. The largest absolute Gasteiger partial charge is 0.384 e. The lowest BCUT2D eigenvalue weighted by Gasteiger charge is -2.43. The average molecular weight is 302 g/mol. The van der Waals surface area contributed by atoms with Gasteiger partial charge in [0.25, 0.3) is 0 Å². The number of aliphatic hydroxyl groups is 1. The highest BCUT2D eigenvalue weighted by molar-refractivity contribution is 9.10. The normalized spacial score (nSPS) is 27.7. The molecule has 1 saturated carbocycles. The van der Waals surface area contributed by atoms with Crippen molar-refractivity contribution in [3.63, 3.8) is 0 Å². The molecule has 0 spiro atoms. The Kier molecular flexibility index (Phi) is 3.03. The molecule has 94 valence electrons. The second-order valence-electron chi connectivity index (χ2n) is 4.85. The summed E-state index contributed by atoms with van der Waals surface area (Å²) in [6.45, 7) is 0. The van der Waals surface area contributed by atoms with Crippen molar-refractivity contribution in [1.82, 2.24) is 14.7 Å². The summed E-state index contributed by atoms with van der Waals surface area (Å²) in [5.41, 5.74) is -0.156. The molecule has 1 aromatic rings. The molecule has 0 saturated heterocycles. The van der Waals surface area contributed by atoms with Crippen LogP contribution in [0.4, 0.5) is 0 Å². The zero-order chi connectivity index (χ0) is 12.8. The van der Waals surface area contributed by atoms with Crippen LogP contribution in [0.25, 0.3) is 0 Å². The maximum atomic E-state index is 11.7. The fraction of sp³-hybridized carbons (Fsp3) is 0.636. The lowest BCUT2D eigenvalue weighted by atomic mass is 9.68. The molecular formula is C11H16BrN3O2. The molecule has 1 aliphatic rings. The third-order valence-electron chi connectivity index (χ3n) is 3.28. The average Bonchev–Trinajstić information content (AvgIpc) is 2.52. The number of halogens is 1. The minimum Gasteiger partial charge on any atom is -0.384 e. The van der Waals surface area contributed by atoms with Crippen molar-refractivity contribution in [1.29, 1.82) is 0 Å². The molecule has 1 amide bonds. The van der Waals surface area contributed by atoms with E-state index in [1.807, 2.05) is 0 Å². The molecule has 1 N–H and O–H groups in total. The van der Waals surface area contributed by atoms with Crippen LogP contribution in [0, 0.1) is 5.92 Å². The van der Waals surface area contributed by atoms with Crippen LogP contribution >= 0.6 is 15.9 Å². The highest BCUT2D eigenvalue weighted by atomic mass is 79.9. The number of aromatic nitrogens is 2. The quantitative estimate of drug-likeness (QED) is 0.882. The van der Waals surface area contributed by atoms with Crippen molar-refractivity contribution in [3.8, 4) is 0 Å².